The van der Waals surface area contributed by atoms with Crippen molar-refractivity contribution in [3.63, 3.8) is 0 Å². The summed E-state index contributed by atoms with van der Waals surface area (Å²) in [4.78, 5) is 17.7. The highest BCUT2D eigenvalue weighted by atomic mass is 16.4. The number of aromatic nitrogens is 5. The molecule has 1 aromatic carbocycles. The van der Waals surface area contributed by atoms with Crippen molar-refractivity contribution in [2.75, 3.05) is 0 Å². The minimum absolute atomic E-state index is 0.0882. The van der Waals surface area contributed by atoms with Gasteiger partial charge in [-0.3, -0.25) is 0 Å². The van der Waals surface area contributed by atoms with Crippen LogP contribution in [0.5, 0.6) is 0 Å². The third kappa shape index (κ3) is 1.53. The Balaban J connectivity index is 2.09. The molecule has 0 fully saturated rings. The van der Waals surface area contributed by atoms with Gasteiger partial charge in [0.2, 0.25) is 0 Å². The summed E-state index contributed by atoms with van der Waals surface area (Å²) >= 11 is 0. The molecule has 3 rings (SSSR count). The van der Waals surface area contributed by atoms with E-state index in [9.17, 15) is 4.79 Å². The van der Waals surface area contributed by atoms with Gasteiger partial charge in [0, 0.05) is 0 Å². The number of hydrogen-bond acceptors (Lipinski definition) is 4. The molecule has 2 N–H and O–H groups in total. The van der Waals surface area contributed by atoms with Gasteiger partial charge in [-0.05, 0) is 18.2 Å². The zero-order valence-corrected chi connectivity index (χ0v) is 8.53. The van der Waals surface area contributed by atoms with Crippen molar-refractivity contribution in [1.29, 1.82) is 0 Å². The number of rotatable bonds is 2. The summed E-state index contributed by atoms with van der Waals surface area (Å²) in [5, 5.41) is 16.0. The van der Waals surface area contributed by atoms with Gasteiger partial charge in [-0.15, -0.1) is 5.10 Å². The van der Waals surface area contributed by atoms with Gasteiger partial charge in [0.05, 0.1) is 29.2 Å². The maximum atomic E-state index is 10.7. The van der Waals surface area contributed by atoms with Crippen molar-refractivity contribution in [2.24, 2.45) is 0 Å². The predicted octanol–water partition coefficient (Wildman–Crippen LogP) is 0.842. The maximum Gasteiger partial charge on any atom is 0.358 e. The van der Waals surface area contributed by atoms with Crippen LogP contribution in [0.15, 0.2) is 30.7 Å². The van der Waals surface area contributed by atoms with Crippen LogP contribution in [-0.2, 0) is 0 Å². The Kier molecular flexibility index (Phi) is 1.91. The molecule has 17 heavy (non-hydrogen) atoms. The topological polar surface area (TPSA) is 96.7 Å². The van der Waals surface area contributed by atoms with Crippen molar-refractivity contribution in [3.8, 4) is 5.69 Å². The SMILES string of the molecule is O=C(O)c1cn(-c2ccc3nc[nH]c3c2)nn1. The van der Waals surface area contributed by atoms with Crippen LogP contribution in [-0.4, -0.2) is 36.0 Å². The summed E-state index contributed by atoms with van der Waals surface area (Å²) in [5.74, 6) is -1.10. The smallest absolute Gasteiger partial charge is 0.358 e. The Morgan fingerprint density at radius 3 is 3.06 bits per heavy atom. The number of hydrogen-bond donors (Lipinski definition) is 2. The molecule has 0 radical (unpaired) electrons. The normalized spacial score (nSPS) is 10.8. The number of carbonyl (C=O) groups is 1. The standard InChI is InChI=1S/C10H7N5O2/c16-10(17)9-4-15(14-13-9)6-1-2-7-8(3-6)12-5-11-7/h1-5H,(H,11,12)(H,16,17). The molecule has 2 aromatic heterocycles. The summed E-state index contributed by atoms with van der Waals surface area (Å²) in [6.45, 7) is 0. The van der Waals surface area contributed by atoms with E-state index < -0.39 is 5.97 Å². The highest BCUT2D eigenvalue weighted by Crippen LogP contribution is 2.14. The molecule has 0 amide bonds. The fraction of sp³-hybridized carbons (Fsp3) is 0. The maximum absolute atomic E-state index is 10.7. The van der Waals surface area contributed by atoms with Crippen molar-refractivity contribution < 1.29 is 9.90 Å². The van der Waals surface area contributed by atoms with Gasteiger partial charge in [0.15, 0.2) is 5.69 Å². The van der Waals surface area contributed by atoms with Gasteiger partial charge in [-0.1, -0.05) is 5.21 Å². The van der Waals surface area contributed by atoms with E-state index in [2.05, 4.69) is 20.3 Å². The van der Waals surface area contributed by atoms with Crippen molar-refractivity contribution in [2.45, 2.75) is 0 Å². The molecule has 0 saturated heterocycles. The molecule has 0 bridgehead atoms. The van der Waals surface area contributed by atoms with Crippen LogP contribution in [0.4, 0.5) is 0 Å². The second-order valence-corrected chi connectivity index (χ2v) is 3.46. The lowest BCUT2D eigenvalue weighted by molar-refractivity contribution is 0.0690. The largest absolute Gasteiger partial charge is 0.476 e. The number of benzene rings is 1. The summed E-state index contributed by atoms with van der Waals surface area (Å²) < 4.78 is 1.41. The molecule has 0 spiro atoms. The molecule has 0 atom stereocenters. The highest BCUT2D eigenvalue weighted by Gasteiger charge is 2.09. The average Bonchev–Trinajstić information content (AvgIpc) is 2.97. The van der Waals surface area contributed by atoms with Crippen LogP contribution >= 0.6 is 0 Å². The molecule has 84 valence electrons. The molecule has 0 saturated carbocycles. The molecule has 2 heterocycles. The molecule has 7 heteroatoms. The van der Waals surface area contributed by atoms with E-state index in [-0.39, 0.29) is 5.69 Å². The monoisotopic (exact) mass is 229 g/mol. The number of aromatic amines is 1. The van der Waals surface area contributed by atoms with E-state index in [0.29, 0.717) is 0 Å². The lowest BCUT2D eigenvalue weighted by Crippen LogP contribution is -1.96. The quantitative estimate of drug-likeness (QED) is 0.678. The first-order chi connectivity index (χ1) is 8.24. The first-order valence-corrected chi connectivity index (χ1v) is 4.83. The molecule has 0 aliphatic heterocycles. The van der Waals surface area contributed by atoms with E-state index in [1.54, 1.807) is 12.4 Å². The van der Waals surface area contributed by atoms with E-state index in [0.717, 1.165) is 16.7 Å². The Bertz CT molecular complexity index is 699. The fourth-order valence-corrected chi connectivity index (χ4v) is 1.55. The highest BCUT2D eigenvalue weighted by molar-refractivity contribution is 5.85. The average molecular weight is 229 g/mol. The Morgan fingerprint density at radius 1 is 1.41 bits per heavy atom. The van der Waals surface area contributed by atoms with Crippen LogP contribution in [0, 0.1) is 0 Å². The van der Waals surface area contributed by atoms with Gasteiger partial charge in [0.25, 0.3) is 0 Å². The van der Waals surface area contributed by atoms with Gasteiger partial charge >= 0.3 is 5.97 Å². The fourth-order valence-electron chi connectivity index (χ4n) is 1.55. The molecule has 7 nitrogen and oxygen atoms in total. The van der Waals surface area contributed by atoms with Crippen LogP contribution in [0.3, 0.4) is 0 Å². The summed E-state index contributed by atoms with van der Waals surface area (Å²) in [5.41, 5.74) is 2.33. The number of nitrogens with one attached hydrogen (secondary N) is 1. The van der Waals surface area contributed by atoms with Crippen molar-refractivity contribution in [3.05, 3.63) is 36.4 Å². The van der Waals surface area contributed by atoms with E-state index in [4.69, 9.17) is 5.11 Å². The lowest BCUT2D eigenvalue weighted by Gasteiger charge is -1.98. The number of aromatic carboxylic acids is 1. The molecular weight excluding hydrogens is 222 g/mol. The van der Waals surface area contributed by atoms with Crippen LogP contribution in [0.1, 0.15) is 10.5 Å². The molecular formula is C10H7N5O2. The number of H-pyrrole nitrogens is 1. The Morgan fingerprint density at radius 2 is 2.29 bits per heavy atom. The summed E-state index contributed by atoms with van der Waals surface area (Å²) in [7, 11) is 0. The number of nitrogens with zero attached hydrogens (tertiary/aromatic N) is 4. The van der Waals surface area contributed by atoms with Crippen molar-refractivity contribution >= 4 is 17.0 Å². The zero-order valence-electron chi connectivity index (χ0n) is 8.53. The van der Waals surface area contributed by atoms with Gasteiger partial charge < -0.3 is 10.1 Å². The number of imidazole rings is 1. The van der Waals surface area contributed by atoms with E-state index >= 15 is 0 Å². The van der Waals surface area contributed by atoms with E-state index in [1.165, 1.54) is 10.9 Å². The van der Waals surface area contributed by atoms with Gasteiger partial charge in [-0.25, -0.2) is 14.5 Å². The van der Waals surface area contributed by atoms with Crippen LogP contribution in [0.25, 0.3) is 16.7 Å². The summed E-state index contributed by atoms with van der Waals surface area (Å²) in [6.07, 6.45) is 2.96. The number of fused-ring (bicyclic) bond motifs is 1. The first kappa shape index (κ1) is 9.52. The van der Waals surface area contributed by atoms with Gasteiger partial charge in [-0.2, -0.15) is 0 Å². The minimum atomic E-state index is -1.10. The predicted molar refractivity (Wildman–Crippen MR) is 58.0 cm³/mol. The Labute approximate surface area is 94.7 Å². The Hall–Kier alpha value is -2.70. The summed E-state index contributed by atoms with van der Waals surface area (Å²) in [6, 6.07) is 5.44. The molecule has 0 aliphatic carbocycles. The zero-order chi connectivity index (χ0) is 11.8. The lowest BCUT2D eigenvalue weighted by atomic mass is 10.3. The van der Waals surface area contributed by atoms with E-state index in [1.807, 2.05) is 12.1 Å². The third-order valence-electron chi connectivity index (χ3n) is 2.38. The van der Waals surface area contributed by atoms with Gasteiger partial charge in [0.1, 0.15) is 0 Å². The number of carboxylic acids is 1. The minimum Gasteiger partial charge on any atom is -0.476 e. The third-order valence-corrected chi connectivity index (χ3v) is 2.38. The molecule has 0 aliphatic rings. The molecule has 3 aromatic rings. The first-order valence-electron chi connectivity index (χ1n) is 4.83. The molecule has 0 unspecified atom stereocenters. The van der Waals surface area contributed by atoms with Crippen LogP contribution in [0.2, 0.25) is 0 Å². The van der Waals surface area contributed by atoms with Crippen molar-refractivity contribution in [1.82, 2.24) is 25.0 Å². The number of carboxylic acid groups (broad SMARTS) is 1. The van der Waals surface area contributed by atoms with Crippen LogP contribution < -0.4 is 0 Å². The second-order valence-electron chi connectivity index (χ2n) is 3.46. The second kappa shape index (κ2) is 3.41.